The number of rotatable bonds is 13. The molecular formula is C30H31N6O8P. The number of nitrogens with zero attached hydrogens (tertiary/aromatic N) is 4. The van der Waals surface area contributed by atoms with E-state index in [1.165, 1.54) is 6.20 Å². The summed E-state index contributed by atoms with van der Waals surface area (Å²) in [5, 5.41) is 8.02. The Bertz CT molecular complexity index is 1870. The van der Waals surface area contributed by atoms with Gasteiger partial charge < -0.3 is 14.0 Å². The Morgan fingerprint density at radius 1 is 1.16 bits per heavy atom. The molecule has 45 heavy (non-hydrogen) atoms. The molecule has 0 bridgehead atoms. The summed E-state index contributed by atoms with van der Waals surface area (Å²) in [5.41, 5.74) is 7.16. The van der Waals surface area contributed by atoms with Crippen LogP contribution in [0.25, 0.3) is 21.2 Å². The number of carbonyl (C=O) groups excluding carboxylic acids is 1. The van der Waals surface area contributed by atoms with E-state index >= 15 is 0 Å². The SMILES string of the molecule is CCOC(=O)[C@H](Cc1ccccc1)NP(=O)(OC[C@]1(N=[N+]=[N-])CC[C@H](n2ccc(=O)[nH]c2=O)O1)Oc1cccc2ccccc12. The smallest absolute Gasteiger partial charge is 0.459 e. The topological polar surface area (TPSA) is 187 Å². The average Bonchev–Trinajstić information content (AvgIpc) is 3.45. The highest BCUT2D eigenvalue weighted by atomic mass is 31.2. The van der Waals surface area contributed by atoms with Gasteiger partial charge in [0, 0.05) is 22.6 Å². The number of azide groups is 1. The molecule has 4 aromatic rings. The van der Waals surface area contributed by atoms with Gasteiger partial charge in [-0.2, -0.15) is 5.09 Å². The van der Waals surface area contributed by atoms with Crippen LogP contribution in [0.1, 0.15) is 31.6 Å². The summed E-state index contributed by atoms with van der Waals surface area (Å²) < 4.78 is 39.1. The second-order valence-electron chi connectivity index (χ2n) is 10.2. The number of aromatic amines is 1. The van der Waals surface area contributed by atoms with E-state index in [2.05, 4.69) is 20.1 Å². The van der Waals surface area contributed by atoms with Crippen molar-refractivity contribution in [1.82, 2.24) is 14.6 Å². The molecule has 2 N–H and O–H groups in total. The van der Waals surface area contributed by atoms with Gasteiger partial charge in [0.2, 0.25) is 0 Å². The molecule has 2 heterocycles. The highest BCUT2D eigenvalue weighted by Crippen LogP contribution is 2.49. The molecule has 1 aliphatic rings. The van der Waals surface area contributed by atoms with E-state index in [-0.39, 0.29) is 31.6 Å². The minimum absolute atomic E-state index is 0.0763. The van der Waals surface area contributed by atoms with Gasteiger partial charge in [-0.1, -0.05) is 71.8 Å². The van der Waals surface area contributed by atoms with Crippen molar-refractivity contribution in [3.63, 3.8) is 0 Å². The number of carbonyl (C=O) groups is 1. The minimum Gasteiger partial charge on any atom is -0.465 e. The maximum atomic E-state index is 14.6. The van der Waals surface area contributed by atoms with Gasteiger partial charge in [0.05, 0.1) is 13.2 Å². The van der Waals surface area contributed by atoms with Crippen molar-refractivity contribution in [2.45, 2.75) is 44.2 Å². The van der Waals surface area contributed by atoms with E-state index in [4.69, 9.17) is 18.5 Å². The highest BCUT2D eigenvalue weighted by molar-refractivity contribution is 7.52. The van der Waals surface area contributed by atoms with Crippen molar-refractivity contribution in [2.75, 3.05) is 13.2 Å². The van der Waals surface area contributed by atoms with Crippen LogP contribution in [0, 0.1) is 0 Å². The number of esters is 1. The molecule has 1 aromatic heterocycles. The van der Waals surface area contributed by atoms with Crippen LogP contribution in [0.3, 0.4) is 0 Å². The normalized spacial score (nSPS) is 19.7. The number of hydrogen-bond acceptors (Lipinski definition) is 9. The molecule has 0 aliphatic carbocycles. The first-order valence-electron chi connectivity index (χ1n) is 14.2. The molecule has 5 rings (SSSR count). The first kappa shape index (κ1) is 31.7. The zero-order valence-electron chi connectivity index (χ0n) is 24.3. The summed E-state index contributed by atoms with van der Waals surface area (Å²) in [6.45, 7) is 1.17. The molecule has 1 saturated heterocycles. The Morgan fingerprint density at radius 2 is 1.91 bits per heavy atom. The van der Waals surface area contributed by atoms with Crippen LogP contribution in [0.5, 0.6) is 5.75 Å². The number of nitrogens with one attached hydrogen (secondary N) is 2. The number of H-pyrrole nitrogens is 1. The van der Waals surface area contributed by atoms with Gasteiger partial charge in [-0.15, -0.1) is 0 Å². The number of aromatic nitrogens is 2. The zero-order valence-corrected chi connectivity index (χ0v) is 25.2. The third-order valence-corrected chi connectivity index (χ3v) is 8.66. The van der Waals surface area contributed by atoms with Crippen LogP contribution in [-0.2, 0) is 29.8 Å². The van der Waals surface area contributed by atoms with E-state index in [1.807, 2.05) is 48.5 Å². The van der Waals surface area contributed by atoms with Gasteiger partial charge in [0.15, 0.2) is 5.72 Å². The van der Waals surface area contributed by atoms with Gasteiger partial charge in [-0.25, -0.2) is 9.36 Å². The lowest BCUT2D eigenvalue weighted by Crippen LogP contribution is -2.41. The monoisotopic (exact) mass is 634 g/mol. The summed E-state index contributed by atoms with van der Waals surface area (Å²) in [6.07, 6.45) is 0.728. The van der Waals surface area contributed by atoms with Crippen molar-refractivity contribution in [3.8, 4) is 5.75 Å². The third kappa shape index (κ3) is 7.69. The molecule has 3 aromatic carbocycles. The minimum atomic E-state index is -4.47. The van der Waals surface area contributed by atoms with Crippen molar-refractivity contribution in [2.24, 2.45) is 5.11 Å². The molecule has 14 nitrogen and oxygen atoms in total. The summed E-state index contributed by atoms with van der Waals surface area (Å²) >= 11 is 0. The van der Waals surface area contributed by atoms with E-state index in [9.17, 15) is 24.5 Å². The van der Waals surface area contributed by atoms with Crippen molar-refractivity contribution in [1.29, 1.82) is 0 Å². The summed E-state index contributed by atoms with van der Waals surface area (Å²) in [4.78, 5) is 42.1. The molecule has 0 saturated carbocycles. The number of ether oxygens (including phenoxy) is 2. The van der Waals surface area contributed by atoms with Gasteiger partial charge >= 0.3 is 19.4 Å². The molecular weight excluding hydrogens is 603 g/mol. The first-order chi connectivity index (χ1) is 21.7. The van der Waals surface area contributed by atoms with Crippen LogP contribution in [0.2, 0.25) is 0 Å². The lowest BCUT2D eigenvalue weighted by molar-refractivity contribution is -0.145. The Hall–Kier alpha value is -4.71. The molecule has 0 amide bonds. The standard InChI is InChI=1S/C30H31N6O8P/c1-2-41-28(38)24(19-21-9-4-3-5-10-21)33-45(40,44-25-14-8-12-22-11-6-7-13-23(22)25)42-20-30(34-35-31)17-15-27(43-30)36-18-16-26(37)32-29(36)39/h3-14,16,18,24,27H,2,15,17,19-20H2,1H3,(H,33,40)(H,32,37,39)/t24-,27+,30-,45?/m0/s1. The first-order valence-corrected chi connectivity index (χ1v) is 15.7. The Morgan fingerprint density at radius 3 is 2.67 bits per heavy atom. The maximum absolute atomic E-state index is 14.6. The quantitative estimate of drug-likeness (QED) is 0.0673. The second-order valence-corrected chi connectivity index (χ2v) is 11.9. The Kier molecular flexibility index (Phi) is 9.82. The second kappa shape index (κ2) is 13.9. The van der Waals surface area contributed by atoms with E-state index in [0.717, 1.165) is 21.6 Å². The van der Waals surface area contributed by atoms with Crippen LogP contribution in [-0.4, -0.2) is 40.5 Å². The predicted molar refractivity (Wildman–Crippen MR) is 164 cm³/mol. The van der Waals surface area contributed by atoms with E-state index < -0.39 is 49.6 Å². The summed E-state index contributed by atoms with van der Waals surface area (Å²) in [7, 11) is -4.47. The predicted octanol–water partition coefficient (Wildman–Crippen LogP) is 4.97. The number of fused-ring (bicyclic) bond motifs is 1. The van der Waals surface area contributed by atoms with Crippen LogP contribution >= 0.6 is 7.75 Å². The van der Waals surface area contributed by atoms with E-state index in [1.54, 1.807) is 31.2 Å². The largest absolute Gasteiger partial charge is 0.465 e. The van der Waals surface area contributed by atoms with Gasteiger partial charge in [0.25, 0.3) is 5.56 Å². The molecule has 4 atom stereocenters. The Labute approximate surface area is 257 Å². The molecule has 234 valence electrons. The van der Waals surface area contributed by atoms with Crippen LogP contribution in [0.15, 0.2) is 99.8 Å². The lowest BCUT2D eigenvalue weighted by Gasteiger charge is -2.29. The van der Waals surface area contributed by atoms with Crippen LogP contribution in [0.4, 0.5) is 0 Å². The van der Waals surface area contributed by atoms with Crippen molar-refractivity contribution in [3.05, 3.63) is 122 Å². The molecule has 1 fully saturated rings. The Balaban J connectivity index is 1.47. The van der Waals surface area contributed by atoms with E-state index in [0.29, 0.717) is 5.39 Å². The fourth-order valence-electron chi connectivity index (χ4n) is 5.01. The average molecular weight is 635 g/mol. The maximum Gasteiger partial charge on any atom is 0.459 e. The summed E-state index contributed by atoms with van der Waals surface area (Å²) in [5.74, 6) is -0.458. The molecule has 0 spiro atoms. The molecule has 0 radical (unpaired) electrons. The number of benzene rings is 3. The summed E-state index contributed by atoms with van der Waals surface area (Å²) in [6, 6.07) is 21.6. The zero-order chi connectivity index (χ0) is 31.9. The van der Waals surface area contributed by atoms with Crippen molar-refractivity contribution >= 4 is 24.5 Å². The highest BCUT2D eigenvalue weighted by Gasteiger charge is 2.45. The lowest BCUT2D eigenvalue weighted by atomic mass is 10.1. The fraction of sp³-hybridized carbons (Fsp3) is 0.300. The fourth-order valence-corrected chi connectivity index (χ4v) is 6.55. The molecule has 1 unspecified atom stereocenters. The molecule has 15 heteroatoms. The van der Waals surface area contributed by atoms with Gasteiger partial charge in [-0.3, -0.25) is 23.7 Å². The third-order valence-electron chi connectivity index (χ3n) is 7.12. The van der Waals surface area contributed by atoms with Crippen molar-refractivity contribution < 1.29 is 27.9 Å². The van der Waals surface area contributed by atoms with Gasteiger partial charge in [0.1, 0.15) is 18.0 Å². The number of hydrogen-bond donors (Lipinski definition) is 2. The molecule has 1 aliphatic heterocycles. The van der Waals surface area contributed by atoms with Gasteiger partial charge in [-0.05, 0) is 48.7 Å². The van der Waals surface area contributed by atoms with Crippen LogP contribution < -0.4 is 20.9 Å².